The van der Waals surface area contributed by atoms with E-state index in [0.717, 1.165) is 24.7 Å². The van der Waals surface area contributed by atoms with Crippen molar-refractivity contribution in [2.75, 3.05) is 0 Å². The first-order valence-electron chi connectivity index (χ1n) is 11.7. The standard InChI is InChI=1S/C27H29BrO4/c1-26-14-5-8-23(26)22-11-9-18-16-19(10-12-20(18)21(22)13-15-26)27(28,25(30)31)32-24(29)17-6-3-2-4-7-17/h2-4,6-7,10,12,16,21-23H,5,8-9,11,13-15H2,1H3,(H,30,31)/t21-,22-,23+,26+,27?/m1/s1. The number of esters is 1. The highest BCUT2D eigenvalue weighted by Gasteiger charge is 2.50. The molecule has 3 aliphatic rings. The van der Waals surface area contributed by atoms with Gasteiger partial charge in [0.1, 0.15) is 0 Å². The number of halogens is 1. The molecule has 4 nitrogen and oxygen atoms in total. The summed E-state index contributed by atoms with van der Waals surface area (Å²) in [5, 5.41) is 9.98. The number of hydrogen-bond donors (Lipinski definition) is 1. The molecular formula is C27H29BrO4. The normalized spacial score (nSPS) is 30.4. The van der Waals surface area contributed by atoms with Crippen molar-refractivity contribution < 1.29 is 19.4 Å². The number of carboxylic acid groups (broad SMARTS) is 1. The zero-order valence-electron chi connectivity index (χ0n) is 18.4. The Kier molecular flexibility index (Phi) is 5.43. The zero-order chi connectivity index (χ0) is 22.5. The average Bonchev–Trinajstić information content (AvgIpc) is 3.20. The zero-order valence-corrected chi connectivity index (χ0v) is 19.9. The molecule has 5 heteroatoms. The third-order valence-electron chi connectivity index (χ3n) is 8.40. The second-order valence-electron chi connectivity index (χ2n) is 10.1. The minimum absolute atomic E-state index is 0.320. The molecule has 0 amide bonds. The maximum absolute atomic E-state index is 12.6. The Bertz CT molecular complexity index is 1050. The van der Waals surface area contributed by atoms with Gasteiger partial charge in [-0.1, -0.05) is 43.7 Å². The molecule has 3 aliphatic carbocycles. The molecule has 0 saturated heterocycles. The molecule has 0 spiro atoms. The van der Waals surface area contributed by atoms with E-state index in [0.29, 0.717) is 22.5 Å². The molecular weight excluding hydrogens is 468 g/mol. The van der Waals surface area contributed by atoms with Crippen molar-refractivity contribution in [3.05, 3.63) is 70.8 Å². The predicted molar refractivity (Wildman–Crippen MR) is 126 cm³/mol. The van der Waals surface area contributed by atoms with Crippen molar-refractivity contribution in [3.63, 3.8) is 0 Å². The molecule has 2 fully saturated rings. The minimum Gasteiger partial charge on any atom is -0.477 e. The number of alkyl halides is 1. The van der Waals surface area contributed by atoms with E-state index >= 15 is 0 Å². The lowest BCUT2D eigenvalue weighted by atomic mass is 9.56. The number of benzene rings is 2. The van der Waals surface area contributed by atoms with Gasteiger partial charge < -0.3 is 9.84 Å². The lowest BCUT2D eigenvalue weighted by Crippen LogP contribution is -2.40. The topological polar surface area (TPSA) is 63.6 Å². The number of ether oxygens (including phenoxy) is 1. The van der Waals surface area contributed by atoms with Crippen LogP contribution in [0.1, 0.15) is 78.4 Å². The van der Waals surface area contributed by atoms with Crippen molar-refractivity contribution in [3.8, 4) is 0 Å². The summed E-state index contributed by atoms with van der Waals surface area (Å²) in [6.45, 7) is 2.49. The SMILES string of the molecule is C[C@@]12CCC[C@H]1[C@@H]1CCc3cc(C(Br)(OC(=O)c4ccccc4)C(=O)O)ccc3[C@H]1CC2. The number of carboxylic acids is 1. The van der Waals surface area contributed by atoms with Crippen LogP contribution in [0.15, 0.2) is 48.5 Å². The van der Waals surface area contributed by atoms with Gasteiger partial charge in [-0.15, -0.1) is 0 Å². The van der Waals surface area contributed by atoms with Crippen LogP contribution in [0, 0.1) is 17.3 Å². The summed E-state index contributed by atoms with van der Waals surface area (Å²) < 4.78 is 3.60. The lowest BCUT2D eigenvalue weighted by molar-refractivity contribution is -0.150. The van der Waals surface area contributed by atoms with Crippen LogP contribution in [0.4, 0.5) is 0 Å². The molecule has 2 aromatic carbocycles. The third-order valence-corrected chi connectivity index (χ3v) is 9.36. The maximum atomic E-state index is 12.6. The Balaban J connectivity index is 1.44. The summed E-state index contributed by atoms with van der Waals surface area (Å²) in [7, 11) is 0. The minimum atomic E-state index is -1.91. The lowest BCUT2D eigenvalue weighted by Gasteiger charge is -2.49. The summed E-state index contributed by atoms with van der Waals surface area (Å²) in [6.07, 6.45) is 8.68. The molecule has 0 aliphatic heterocycles. The van der Waals surface area contributed by atoms with E-state index in [1.807, 2.05) is 12.1 Å². The van der Waals surface area contributed by atoms with E-state index in [2.05, 4.69) is 28.9 Å². The Labute approximate surface area is 197 Å². The molecule has 5 rings (SSSR count). The van der Waals surface area contributed by atoms with Gasteiger partial charge in [0.15, 0.2) is 0 Å². The Hall–Kier alpha value is -2.14. The van der Waals surface area contributed by atoms with E-state index in [1.54, 1.807) is 30.3 Å². The van der Waals surface area contributed by atoms with Crippen LogP contribution in [-0.4, -0.2) is 17.0 Å². The van der Waals surface area contributed by atoms with Crippen LogP contribution < -0.4 is 0 Å². The number of aliphatic carboxylic acids is 1. The van der Waals surface area contributed by atoms with Gasteiger partial charge in [0, 0.05) is 5.56 Å². The number of aryl methyl sites for hydroxylation is 1. The molecule has 2 aromatic rings. The summed E-state index contributed by atoms with van der Waals surface area (Å²) in [4.78, 5) is 24.9. The van der Waals surface area contributed by atoms with Gasteiger partial charge in [-0.25, -0.2) is 9.59 Å². The van der Waals surface area contributed by atoms with Gasteiger partial charge in [-0.3, -0.25) is 0 Å². The van der Waals surface area contributed by atoms with Crippen molar-refractivity contribution in [1.29, 1.82) is 0 Å². The number of carbonyl (C=O) groups is 2. The van der Waals surface area contributed by atoms with E-state index in [1.165, 1.54) is 43.2 Å². The Morgan fingerprint density at radius 3 is 2.62 bits per heavy atom. The van der Waals surface area contributed by atoms with Crippen LogP contribution >= 0.6 is 15.9 Å². The Morgan fingerprint density at radius 1 is 1.09 bits per heavy atom. The largest absolute Gasteiger partial charge is 0.477 e. The Morgan fingerprint density at radius 2 is 1.88 bits per heavy atom. The van der Waals surface area contributed by atoms with Crippen molar-refractivity contribution in [1.82, 2.24) is 0 Å². The fourth-order valence-electron chi connectivity index (χ4n) is 6.76. The predicted octanol–water partition coefficient (Wildman–Crippen LogP) is 6.42. The van der Waals surface area contributed by atoms with E-state index in [9.17, 15) is 14.7 Å². The number of hydrogen-bond acceptors (Lipinski definition) is 3. The number of fused-ring (bicyclic) bond motifs is 5. The van der Waals surface area contributed by atoms with Gasteiger partial charge in [0.05, 0.1) is 5.56 Å². The average molecular weight is 497 g/mol. The molecule has 168 valence electrons. The molecule has 1 unspecified atom stereocenters. The van der Waals surface area contributed by atoms with Crippen LogP contribution in [0.25, 0.3) is 0 Å². The number of carbonyl (C=O) groups excluding carboxylic acids is 1. The molecule has 0 radical (unpaired) electrons. The highest BCUT2D eigenvalue weighted by Crippen LogP contribution is 2.61. The first-order chi connectivity index (χ1) is 15.3. The molecule has 0 bridgehead atoms. The van der Waals surface area contributed by atoms with Crippen LogP contribution in [-0.2, 0) is 20.5 Å². The molecule has 32 heavy (non-hydrogen) atoms. The van der Waals surface area contributed by atoms with Gasteiger partial charge in [-0.2, -0.15) is 0 Å². The first-order valence-corrected chi connectivity index (χ1v) is 12.5. The van der Waals surface area contributed by atoms with Crippen LogP contribution in [0.2, 0.25) is 0 Å². The van der Waals surface area contributed by atoms with E-state index in [-0.39, 0.29) is 0 Å². The monoisotopic (exact) mass is 496 g/mol. The molecule has 1 N–H and O–H groups in total. The maximum Gasteiger partial charge on any atom is 0.364 e. The highest BCUT2D eigenvalue weighted by atomic mass is 79.9. The van der Waals surface area contributed by atoms with Crippen molar-refractivity contribution in [2.24, 2.45) is 17.3 Å². The van der Waals surface area contributed by atoms with Gasteiger partial charge in [-0.05, 0) is 107 Å². The van der Waals surface area contributed by atoms with Crippen molar-refractivity contribution >= 4 is 27.9 Å². The third kappa shape index (κ3) is 3.49. The smallest absolute Gasteiger partial charge is 0.364 e. The summed E-state index contributed by atoms with van der Waals surface area (Å²) in [5.74, 6) is 0.199. The summed E-state index contributed by atoms with van der Waals surface area (Å²) in [6, 6.07) is 14.3. The quantitative estimate of drug-likeness (QED) is 0.391. The molecule has 2 saturated carbocycles. The second-order valence-corrected chi connectivity index (χ2v) is 11.2. The molecule has 0 heterocycles. The van der Waals surface area contributed by atoms with Gasteiger partial charge >= 0.3 is 11.9 Å². The van der Waals surface area contributed by atoms with Crippen molar-refractivity contribution in [2.45, 2.75) is 62.3 Å². The molecule has 5 atom stereocenters. The first kappa shape index (κ1) is 21.7. The number of rotatable bonds is 4. The van der Waals surface area contributed by atoms with Crippen LogP contribution in [0.3, 0.4) is 0 Å². The van der Waals surface area contributed by atoms with Crippen LogP contribution in [0.5, 0.6) is 0 Å². The highest BCUT2D eigenvalue weighted by molar-refractivity contribution is 9.10. The fourth-order valence-corrected chi connectivity index (χ4v) is 7.16. The van der Waals surface area contributed by atoms with Gasteiger partial charge in [0.25, 0.3) is 4.51 Å². The second kappa shape index (κ2) is 8.02. The summed E-state index contributed by atoms with van der Waals surface area (Å²) >= 11 is 3.25. The molecule has 0 aromatic heterocycles. The van der Waals surface area contributed by atoms with E-state index in [4.69, 9.17) is 4.74 Å². The summed E-state index contributed by atoms with van der Waals surface area (Å²) in [5.41, 5.74) is 3.85. The van der Waals surface area contributed by atoms with E-state index < -0.39 is 16.4 Å². The fraction of sp³-hybridized carbons (Fsp3) is 0.481. The van der Waals surface area contributed by atoms with Gasteiger partial charge in [0.2, 0.25) is 0 Å².